The third kappa shape index (κ3) is 9.80. The zero-order valence-corrected chi connectivity index (χ0v) is 14.2. The van der Waals surface area contributed by atoms with E-state index in [4.69, 9.17) is 24.1 Å². The quantitative estimate of drug-likeness (QED) is 0.427. The van der Waals surface area contributed by atoms with Crippen molar-refractivity contribution in [2.45, 2.75) is 12.4 Å². The Morgan fingerprint density at radius 3 is 1.44 bits per heavy atom. The minimum atomic E-state index is -4.92. The van der Waals surface area contributed by atoms with Gasteiger partial charge >= 0.3 is 12.4 Å². The summed E-state index contributed by atoms with van der Waals surface area (Å²) in [5, 5.41) is 8.47. The Bertz CT molecular complexity index is 515. The summed E-state index contributed by atoms with van der Waals surface area (Å²) in [6.07, 6.45) is -9.85. The molecule has 0 heterocycles. The fourth-order valence-electron chi connectivity index (χ4n) is 1.83. The van der Waals surface area contributed by atoms with Gasteiger partial charge in [0.15, 0.2) is 0 Å². The first-order chi connectivity index (χ1) is 12.6. The molecule has 0 bridgehead atoms. The standard InChI is InChI=1S/C16H20F6O5/c17-15(18,19)12-9-13(16(20,21)22)11-14(10-12)27-8-7-26-6-5-25-4-3-24-2-1-23/h9-11,23H,1-8H2. The maximum absolute atomic E-state index is 12.7. The van der Waals surface area contributed by atoms with Gasteiger partial charge in [0.2, 0.25) is 0 Å². The van der Waals surface area contributed by atoms with Crippen LogP contribution in [0.5, 0.6) is 5.75 Å². The van der Waals surface area contributed by atoms with Crippen LogP contribution < -0.4 is 4.74 Å². The second-order valence-corrected chi connectivity index (χ2v) is 5.15. The van der Waals surface area contributed by atoms with Crippen molar-refractivity contribution in [3.05, 3.63) is 29.3 Å². The lowest BCUT2D eigenvalue weighted by molar-refractivity contribution is -0.143. The number of hydrogen-bond acceptors (Lipinski definition) is 5. The van der Waals surface area contributed by atoms with Crippen molar-refractivity contribution in [3.63, 3.8) is 0 Å². The van der Waals surface area contributed by atoms with E-state index in [2.05, 4.69) is 0 Å². The Kier molecular flexibility index (Phi) is 9.84. The number of halogens is 6. The molecule has 0 saturated carbocycles. The average Bonchev–Trinajstić information content (AvgIpc) is 2.58. The molecule has 0 unspecified atom stereocenters. The van der Waals surface area contributed by atoms with Crippen molar-refractivity contribution in [2.75, 3.05) is 52.9 Å². The second kappa shape index (κ2) is 11.3. The molecule has 0 aliphatic heterocycles. The van der Waals surface area contributed by atoms with Crippen molar-refractivity contribution in [3.8, 4) is 5.75 Å². The van der Waals surface area contributed by atoms with Gasteiger partial charge < -0.3 is 24.1 Å². The lowest BCUT2D eigenvalue weighted by atomic mass is 10.1. The number of aliphatic hydroxyl groups excluding tert-OH is 1. The molecule has 1 N–H and O–H groups in total. The fraction of sp³-hybridized carbons (Fsp3) is 0.625. The maximum Gasteiger partial charge on any atom is 0.416 e. The predicted molar refractivity (Wildman–Crippen MR) is 81.5 cm³/mol. The van der Waals surface area contributed by atoms with Gasteiger partial charge in [0.1, 0.15) is 12.4 Å². The zero-order chi connectivity index (χ0) is 20.3. The van der Waals surface area contributed by atoms with Gasteiger partial charge in [-0.15, -0.1) is 0 Å². The van der Waals surface area contributed by atoms with Crippen LogP contribution >= 0.6 is 0 Å². The second-order valence-electron chi connectivity index (χ2n) is 5.15. The van der Waals surface area contributed by atoms with Gasteiger partial charge in [-0.25, -0.2) is 0 Å². The maximum atomic E-state index is 12.7. The largest absolute Gasteiger partial charge is 0.491 e. The number of aliphatic hydroxyl groups is 1. The van der Waals surface area contributed by atoms with E-state index in [0.29, 0.717) is 25.3 Å². The zero-order valence-electron chi connectivity index (χ0n) is 14.2. The van der Waals surface area contributed by atoms with E-state index in [1.54, 1.807) is 0 Å². The Morgan fingerprint density at radius 2 is 1.04 bits per heavy atom. The highest BCUT2D eigenvalue weighted by molar-refractivity contribution is 5.37. The number of benzene rings is 1. The third-order valence-electron chi connectivity index (χ3n) is 3.04. The van der Waals surface area contributed by atoms with Gasteiger partial charge in [-0.3, -0.25) is 0 Å². The lowest BCUT2D eigenvalue weighted by Gasteiger charge is -2.15. The molecule has 0 aliphatic carbocycles. The molecule has 0 fully saturated rings. The molecule has 1 rings (SSSR count). The van der Waals surface area contributed by atoms with E-state index in [0.717, 1.165) is 0 Å². The summed E-state index contributed by atoms with van der Waals surface area (Å²) in [4.78, 5) is 0. The van der Waals surface area contributed by atoms with Gasteiger partial charge in [0.05, 0.1) is 57.4 Å². The van der Waals surface area contributed by atoms with Gasteiger partial charge in [-0.2, -0.15) is 26.3 Å². The SMILES string of the molecule is OCCOCCOCCOCCOc1cc(C(F)(F)F)cc(C(F)(F)F)c1. The Labute approximate surface area is 151 Å². The van der Waals surface area contributed by atoms with Gasteiger partial charge in [-0.05, 0) is 18.2 Å². The Balaban J connectivity index is 2.36. The van der Waals surface area contributed by atoms with Crippen molar-refractivity contribution in [1.82, 2.24) is 0 Å². The summed E-state index contributed by atoms with van der Waals surface area (Å²) < 4.78 is 96.4. The molecule has 0 aliphatic rings. The lowest BCUT2D eigenvalue weighted by Crippen LogP contribution is -2.14. The molecule has 1 aromatic carbocycles. The molecule has 5 nitrogen and oxygen atoms in total. The molecule has 156 valence electrons. The van der Waals surface area contributed by atoms with Crippen molar-refractivity contribution < 1.29 is 50.4 Å². The Morgan fingerprint density at radius 1 is 0.630 bits per heavy atom. The minimum absolute atomic E-state index is 0.0327. The predicted octanol–water partition coefficient (Wildman–Crippen LogP) is 3.15. The summed E-state index contributed by atoms with van der Waals surface area (Å²) in [6.45, 7) is 0.859. The van der Waals surface area contributed by atoms with Crippen molar-refractivity contribution in [2.24, 2.45) is 0 Å². The van der Waals surface area contributed by atoms with Gasteiger partial charge in [-0.1, -0.05) is 0 Å². The van der Waals surface area contributed by atoms with Crippen LogP contribution in [0.4, 0.5) is 26.3 Å². The van der Waals surface area contributed by atoms with Crippen LogP contribution in [0.1, 0.15) is 11.1 Å². The first-order valence-corrected chi connectivity index (χ1v) is 7.91. The van der Waals surface area contributed by atoms with Crippen LogP contribution in [0, 0.1) is 0 Å². The van der Waals surface area contributed by atoms with Gasteiger partial charge in [0, 0.05) is 0 Å². The molecule has 27 heavy (non-hydrogen) atoms. The topological polar surface area (TPSA) is 57.2 Å². The van der Waals surface area contributed by atoms with Crippen LogP contribution in [0.2, 0.25) is 0 Å². The van der Waals surface area contributed by atoms with E-state index in [-0.39, 0.29) is 45.7 Å². The number of alkyl halides is 6. The first kappa shape index (κ1) is 23.5. The molecule has 0 spiro atoms. The highest BCUT2D eigenvalue weighted by atomic mass is 19.4. The summed E-state index contributed by atoms with van der Waals surface area (Å²) >= 11 is 0. The third-order valence-corrected chi connectivity index (χ3v) is 3.04. The molecular formula is C16H20F6O5. The van der Waals surface area contributed by atoms with Crippen LogP contribution in [0.25, 0.3) is 0 Å². The van der Waals surface area contributed by atoms with Crippen LogP contribution in [-0.2, 0) is 26.6 Å². The van der Waals surface area contributed by atoms with Crippen molar-refractivity contribution in [1.29, 1.82) is 0 Å². The first-order valence-electron chi connectivity index (χ1n) is 7.91. The molecule has 0 amide bonds. The van der Waals surface area contributed by atoms with E-state index in [1.807, 2.05) is 0 Å². The highest BCUT2D eigenvalue weighted by Gasteiger charge is 2.37. The van der Waals surface area contributed by atoms with E-state index in [9.17, 15) is 26.3 Å². The smallest absolute Gasteiger partial charge is 0.416 e. The fourth-order valence-corrected chi connectivity index (χ4v) is 1.83. The molecule has 11 heteroatoms. The Hall–Kier alpha value is -1.56. The average molecular weight is 406 g/mol. The van der Waals surface area contributed by atoms with Crippen LogP contribution in [0.3, 0.4) is 0 Å². The van der Waals surface area contributed by atoms with E-state index >= 15 is 0 Å². The minimum Gasteiger partial charge on any atom is -0.491 e. The van der Waals surface area contributed by atoms with E-state index in [1.165, 1.54) is 0 Å². The molecule has 1 aromatic rings. The van der Waals surface area contributed by atoms with Crippen LogP contribution in [0.15, 0.2) is 18.2 Å². The number of rotatable bonds is 12. The highest BCUT2D eigenvalue weighted by Crippen LogP contribution is 2.38. The molecule has 0 saturated heterocycles. The van der Waals surface area contributed by atoms with Crippen molar-refractivity contribution >= 4 is 0 Å². The summed E-state index contributed by atoms with van der Waals surface area (Å²) in [5.41, 5.74) is -2.88. The number of ether oxygens (including phenoxy) is 4. The van der Waals surface area contributed by atoms with Crippen LogP contribution in [-0.4, -0.2) is 58.0 Å². The summed E-state index contributed by atoms with van der Waals surface area (Å²) in [6, 6.07) is 1.04. The summed E-state index contributed by atoms with van der Waals surface area (Å²) in [7, 11) is 0. The monoisotopic (exact) mass is 406 g/mol. The number of hydrogen-bond donors (Lipinski definition) is 1. The molecule has 0 aromatic heterocycles. The van der Waals surface area contributed by atoms with E-state index < -0.39 is 29.2 Å². The molecule has 0 radical (unpaired) electrons. The summed E-state index contributed by atoms with van der Waals surface area (Å²) in [5.74, 6) is -0.543. The van der Waals surface area contributed by atoms with Gasteiger partial charge in [0.25, 0.3) is 0 Å². The normalized spacial score (nSPS) is 12.4. The molecule has 0 atom stereocenters. The molecular weight excluding hydrogens is 386 g/mol.